The van der Waals surface area contributed by atoms with Crippen molar-refractivity contribution < 1.29 is 9.59 Å². The zero-order valence-electron chi connectivity index (χ0n) is 14.7. The molecule has 1 heterocycles. The minimum Gasteiger partial charge on any atom is -0.347 e. The van der Waals surface area contributed by atoms with E-state index in [1.165, 1.54) is 6.42 Å². The molecule has 1 N–H and O–H groups in total. The summed E-state index contributed by atoms with van der Waals surface area (Å²) in [5.41, 5.74) is -0.303. The fraction of sp³-hybridized carbons (Fsp3) is 0.895. The van der Waals surface area contributed by atoms with Crippen molar-refractivity contribution in [2.75, 3.05) is 19.6 Å². The SMILES string of the molecule is CC1CCN(C(=O)CNC(=O)C23C[C@H]4C[C@@H](CC(Cl)(C4)C2)C3)CC1. The molecule has 4 saturated carbocycles. The second-order valence-electron chi connectivity index (χ2n) is 9.14. The van der Waals surface area contributed by atoms with Gasteiger partial charge in [0.25, 0.3) is 0 Å². The monoisotopic (exact) mass is 352 g/mol. The fourth-order valence-corrected chi connectivity index (χ4v) is 6.82. The number of rotatable bonds is 3. The first kappa shape index (κ1) is 16.7. The lowest BCUT2D eigenvalue weighted by Gasteiger charge is -2.59. The van der Waals surface area contributed by atoms with E-state index in [0.29, 0.717) is 17.8 Å². The quantitative estimate of drug-likeness (QED) is 0.794. The van der Waals surface area contributed by atoms with E-state index in [1.54, 1.807) is 0 Å². The van der Waals surface area contributed by atoms with Gasteiger partial charge in [-0.1, -0.05) is 6.92 Å². The van der Waals surface area contributed by atoms with Crippen LogP contribution < -0.4 is 5.32 Å². The summed E-state index contributed by atoms with van der Waals surface area (Å²) < 4.78 is 0. The Morgan fingerprint density at radius 3 is 2.33 bits per heavy atom. The normalized spacial score (nSPS) is 41.5. The number of carbonyl (C=O) groups excluding carboxylic acids is 2. The van der Waals surface area contributed by atoms with Crippen LogP contribution >= 0.6 is 11.6 Å². The van der Waals surface area contributed by atoms with Gasteiger partial charge in [-0.25, -0.2) is 0 Å². The highest BCUT2D eigenvalue weighted by Gasteiger charge is 2.60. The minimum absolute atomic E-state index is 0.0700. The molecule has 4 bridgehead atoms. The van der Waals surface area contributed by atoms with Crippen molar-refractivity contribution in [1.29, 1.82) is 0 Å². The van der Waals surface area contributed by atoms with Crippen molar-refractivity contribution in [3.05, 3.63) is 0 Å². The highest BCUT2D eigenvalue weighted by Crippen LogP contribution is 2.63. The zero-order valence-corrected chi connectivity index (χ0v) is 15.4. The first-order chi connectivity index (χ1) is 11.4. The topological polar surface area (TPSA) is 49.4 Å². The van der Waals surface area contributed by atoms with Crippen molar-refractivity contribution in [3.8, 4) is 0 Å². The molecular weight excluding hydrogens is 324 g/mol. The van der Waals surface area contributed by atoms with Gasteiger partial charge in [-0.3, -0.25) is 9.59 Å². The average Bonchev–Trinajstić information content (AvgIpc) is 2.50. The second kappa shape index (κ2) is 5.89. The number of hydrogen-bond donors (Lipinski definition) is 1. The van der Waals surface area contributed by atoms with E-state index in [9.17, 15) is 9.59 Å². The largest absolute Gasteiger partial charge is 0.347 e. The molecule has 24 heavy (non-hydrogen) atoms. The molecule has 0 aromatic rings. The molecule has 5 heteroatoms. The predicted octanol–water partition coefficient (Wildman–Crippen LogP) is 2.94. The Hall–Kier alpha value is -0.770. The van der Waals surface area contributed by atoms with E-state index in [-0.39, 0.29) is 28.6 Å². The Labute approximate surface area is 149 Å². The molecule has 0 spiro atoms. The highest BCUT2D eigenvalue weighted by atomic mass is 35.5. The number of nitrogens with one attached hydrogen (secondary N) is 1. The van der Waals surface area contributed by atoms with E-state index in [2.05, 4.69) is 12.2 Å². The van der Waals surface area contributed by atoms with Gasteiger partial charge in [0, 0.05) is 18.0 Å². The van der Waals surface area contributed by atoms with Crippen molar-refractivity contribution in [2.45, 2.75) is 63.2 Å². The Morgan fingerprint density at radius 1 is 1.12 bits per heavy atom. The van der Waals surface area contributed by atoms with Crippen LogP contribution in [0.15, 0.2) is 0 Å². The standard InChI is InChI=1S/C19H29ClN2O2/c1-13-2-4-22(5-3-13)16(23)11-21-17(24)18-7-14-6-15(8-18)10-19(20,9-14)12-18/h13-15H,2-12H2,1H3,(H,21,24)/t14-,15-,18?,19?/m1/s1. The summed E-state index contributed by atoms with van der Waals surface area (Å²) in [4.78, 5) is 27.1. The molecule has 4 aliphatic carbocycles. The number of carbonyl (C=O) groups is 2. The molecule has 5 fully saturated rings. The minimum atomic E-state index is -0.303. The van der Waals surface area contributed by atoms with Gasteiger partial charge < -0.3 is 10.2 Å². The number of amides is 2. The number of halogens is 1. The van der Waals surface area contributed by atoms with Gasteiger partial charge in [-0.15, -0.1) is 11.6 Å². The van der Waals surface area contributed by atoms with Crippen LogP contribution in [0.4, 0.5) is 0 Å². The summed E-state index contributed by atoms with van der Waals surface area (Å²) in [7, 11) is 0. The molecule has 5 aliphatic rings. The molecule has 4 nitrogen and oxygen atoms in total. The fourth-order valence-electron chi connectivity index (χ4n) is 6.13. The van der Waals surface area contributed by atoms with Gasteiger partial charge in [0.05, 0.1) is 12.0 Å². The van der Waals surface area contributed by atoms with Gasteiger partial charge in [-0.05, 0) is 69.1 Å². The van der Waals surface area contributed by atoms with Crippen molar-refractivity contribution >= 4 is 23.4 Å². The van der Waals surface area contributed by atoms with Crippen LogP contribution in [0.2, 0.25) is 0 Å². The second-order valence-corrected chi connectivity index (χ2v) is 9.94. The molecule has 134 valence electrons. The van der Waals surface area contributed by atoms with Crippen molar-refractivity contribution in [3.63, 3.8) is 0 Å². The summed E-state index contributed by atoms with van der Waals surface area (Å²) in [6.45, 7) is 4.05. The van der Waals surface area contributed by atoms with E-state index in [0.717, 1.165) is 58.0 Å². The summed E-state index contributed by atoms with van der Waals surface area (Å²) >= 11 is 6.81. The number of piperidine rings is 1. The zero-order chi connectivity index (χ0) is 16.9. The summed E-state index contributed by atoms with van der Waals surface area (Å²) in [6.07, 6.45) is 8.28. The van der Waals surface area contributed by atoms with Crippen molar-refractivity contribution in [2.24, 2.45) is 23.2 Å². The average molecular weight is 353 g/mol. The lowest BCUT2D eigenvalue weighted by atomic mass is 9.49. The summed E-state index contributed by atoms with van der Waals surface area (Å²) in [6, 6.07) is 0. The third-order valence-corrected chi connectivity index (χ3v) is 7.45. The smallest absolute Gasteiger partial charge is 0.241 e. The van der Waals surface area contributed by atoms with Gasteiger partial charge in [0.15, 0.2) is 0 Å². The Morgan fingerprint density at radius 2 is 1.75 bits per heavy atom. The van der Waals surface area contributed by atoms with Gasteiger partial charge in [-0.2, -0.15) is 0 Å². The van der Waals surface area contributed by atoms with Crippen LogP contribution in [0, 0.1) is 23.2 Å². The molecule has 1 aliphatic heterocycles. The third kappa shape index (κ3) is 2.95. The van der Waals surface area contributed by atoms with Gasteiger partial charge in [0.2, 0.25) is 11.8 Å². The number of likely N-dealkylation sites (tertiary alicyclic amines) is 1. The van der Waals surface area contributed by atoms with Crippen molar-refractivity contribution in [1.82, 2.24) is 10.2 Å². The Bertz CT molecular complexity index is 527. The highest BCUT2D eigenvalue weighted by molar-refractivity contribution is 6.24. The molecule has 0 radical (unpaired) electrons. The van der Waals surface area contributed by atoms with E-state index in [1.807, 2.05) is 4.90 Å². The summed E-state index contributed by atoms with van der Waals surface area (Å²) in [5, 5.41) is 2.98. The van der Waals surface area contributed by atoms with Crippen LogP contribution in [-0.2, 0) is 9.59 Å². The van der Waals surface area contributed by atoms with Crippen LogP contribution in [0.25, 0.3) is 0 Å². The summed E-state index contributed by atoms with van der Waals surface area (Å²) in [5.74, 6) is 2.07. The first-order valence-corrected chi connectivity index (χ1v) is 10.0. The van der Waals surface area contributed by atoms with Gasteiger partial charge >= 0.3 is 0 Å². The maximum absolute atomic E-state index is 12.9. The molecule has 5 rings (SSSR count). The molecule has 2 atom stereocenters. The first-order valence-electron chi connectivity index (χ1n) is 9.63. The Kier molecular flexibility index (Phi) is 4.10. The molecule has 0 aromatic carbocycles. The number of hydrogen-bond acceptors (Lipinski definition) is 2. The molecule has 0 unspecified atom stereocenters. The predicted molar refractivity (Wildman–Crippen MR) is 93.7 cm³/mol. The van der Waals surface area contributed by atoms with E-state index in [4.69, 9.17) is 11.6 Å². The molecular formula is C19H29ClN2O2. The lowest BCUT2D eigenvalue weighted by Crippen LogP contribution is -2.59. The third-order valence-electron chi connectivity index (χ3n) is 7.01. The molecule has 2 amide bonds. The molecule has 1 saturated heterocycles. The Balaban J connectivity index is 1.36. The lowest BCUT2D eigenvalue weighted by molar-refractivity contribution is -0.146. The van der Waals surface area contributed by atoms with E-state index < -0.39 is 0 Å². The maximum Gasteiger partial charge on any atom is 0.241 e. The van der Waals surface area contributed by atoms with Crippen LogP contribution in [0.5, 0.6) is 0 Å². The van der Waals surface area contributed by atoms with Crippen LogP contribution in [0.1, 0.15) is 58.3 Å². The van der Waals surface area contributed by atoms with Crippen LogP contribution in [-0.4, -0.2) is 41.2 Å². The van der Waals surface area contributed by atoms with E-state index >= 15 is 0 Å². The molecule has 0 aromatic heterocycles. The van der Waals surface area contributed by atoms with Gasteiger partial charge in [0.1, 0.15) is 0 Å². The number of nitrogens with zero attached hydrogens (tertiary/aromatic N) is 1. The maximum atomic E-state index is 12.9. The number of alkyl halides is 1. The van der Waals surface area contributed by atoms with Crippen LogP contribution in [0.3, 0.4) is 0 Å².